The van der Waals surface area contributed by atoms with Crippen LogP contribution in [0.2, 0.25) is 0 Å². The molecule has 0 aliphatic rings. The van der Waals surface area contributed by atoms with Crippen molar-refractivity contribution in [3.63, 3.8) is 0 Å². The minimum Gasteiger partial charge on any atom is -0.274 e. The third-order valence-corrected chi connectivity index (χ3v) is 11.5. The van der Waals surface area contributed by atoms with Gasteiger partial charge in [-0.1, -0.05) is 63.0 Å². The van der Waals surface area contributed by atoms with E-state index in [2.05, 4.69) is 45.0 Å². The average molecular weight is 412 g/mol. The van der Waals surface area contributed by atoms with Gasteiger partial charge in [-0.3, -0.25) is 4.57 Å². The zero-order valence-corrected chi connectivity index (χ0v) is 16.8. The van der Waals surface area contributed by atoms with Gasteiger partial charge < -0.3 is 0 Å². The van der Waals surface area contributed by atoms with E-state index in [0.717, 1.165) is 22.5 Å². The number of thioether (sulfide) groups is 1. The number of hydrogen-bond acceptors (Lipinski definition) is 4. The molecule has 0 amide bonds. The van der Waals surface area contributed by atoms with Gasteiger partial charge in [0, 0.05) is 11.1 Å². The maximum absolute atomic E-state index is 12.2. The summed E-state index contributed by atoms with van der Waals surface area (Å²) in [5, 5.41) is 1.88. The van der Waals surface area contributed by atoms with Crippen LogP contribution in [0, 0.1) is 0 Å². The molecule has 0 bridgehead atoms. The van der Waals surface area contributed by atoms with Crippen LogP contribution in [0.4, 0.5) is 0 Å². The number of nitrogens with zero attached hydrogens (tertiary/aromatic N) is 1. The number of benzene rings is 1. The van der Waals surface area contributed by atoms with Crippen LogP contribution in [0.5, 0.6) is 0 Å². The quantitative estimate of drug-likeness (QED) is 0.234. The number of hydrogen-bond donors (Lipinski definition) is 0. The summed E-state index contributed by atoms with van der Waals surface area (Å²) in [6.07, 6.45) is 4.75. The first-order valence-electron chi connectivity index (χ1n) is 6.08. The van der Waals surface area contributed by atoms with Crippen molar-refractivity contribution in [2.24, 2.45) is 4.76 Å². The molecule has 2 nitrogen and oxygen atoms in total. The van der Waals surface area contributed by atoms with Gasteiger partial charge in [0.1, 0.15) is 0 Å². The van der Waals surface area contributed by atoms with Crippen LogP contribution in [0.15, 0.2) is 29.0 Å². The first-order valence-corrected chi connectivity index (χ1v) is 13.5. The average Bonchev–Trinajstić information content (AvgIpc) is 2.47. The molecule has 0 aliphatic carbocycles. The first kappa shape index (κ1) is 18.7. The molecule has 0 saturated heterocycles. The Morgan fingerprint density at radius 3 is 2.25 bits per heavy atom. The van der Waals surface area contributed by atoms with E-state index in [1.165, 1.54) is 33.9 Å². The maximum atomic E-state index is 12.2. The van der Waals surface area contributed by atoms with Gasteiger partial charge in [-0.25, -0.2) is 4.76 Å². The number of aryl methyl sites for hydroxylation is 1. The highest BCUT2D eigenvalue weighted by Gasteiger charge is 2.17. The van der Waals surface area contributed by atoms with E-state index in [1.54, 1.807) is 11.8 Å². The molecule has 1 aromatic rings. The van der Waals surface area contributed by atoms with E-state index in [9.17, 15) is 4.57 Å². The minimum atomic E-state index is -2.48. The molecule has 0 fully saturated rings. The van der Waals surface area contributed by atoms with E-state index in [4.69, 9.17) is 0 Å². The molecule has 7 heteroatoms. The fourth-order valence-electron chi connectivity index (χ4n) is 1.46. The van der Waals surface area contributed by atoms with Gasteiger partial charge in [0.25, 0.3) is 5.70 Å². The van der Waals surface area contributed by atoms with Gasteiger partial charge in [-0.15, -0.1) is 11.8 Å². The Morgan fingerprint density at radius 1 is 1.20 bits per heavy atom. The summed E-state index contributed by atoms with van der Waals surface area (Å²) < 4.78 is 16.6. The summed E-state index contributed by atoms with van der Waals surface area (Å²) >= 11 is 7.78. The Labute approximate surface area is 142 Å². The van der Waals surface area contributed by atoms with Crippen molar-refractivity contribution in [3.8, 4) is 0 Å². The molecule has 0 atom stereocenters. The molecule has 0 saturated carbocycles. The summed E-state index contributed by atoms with van der Waals surface area (Å²) in [5.41, 5.74) is 0.132. The normalized spacial score (nSPS) is 12.7. The zero-order valence-electron chi connectivity index (χ0n) is 11.8. The first-order chi connectivity index (χ1) is 9.53. The number of halogens is 1. The zero-order chi connectivity index (χ0) is 15.0. The van der Waals surface area contributed by atoms with Crippen molar-refractivity contribution in [1.82, 2.24) is 0 Å². The Hall–Kier alpha value is 0.650. The Bertz CT molecular complexity index is 485. The molecule has 20 heavy (non-hydrogen) atoms. The minimum absolute atomic E-state index is 0.868. The second kappa shape index (κ2) is 9.62. The molecule has 1 rings (SSSR count). The Balaban J connectivity index is 2.58. The summed E-state index contributed by atoms with van der Waals surface area (Å²) in [6.45, 7) is 1.93. The van der Waals surface area contributed by atoms with E-state index >= 15 is 0 Å². The SMILES string of the molecule is CSP(=O)(N=C(C)SCc1ccc(CCBr)cc1)SC. The molecular weight excluding hydrogens is 393 g/mol. The van der Waals surface area contributed by atoms with Gasteiger partial charge in [-0.2, -0.15) is 0 Å². The van der Waals surface area contributed by atoms with E-state index < -0.39 is 5.70 Å². The van der Waals surface area contributed by atoms with Crippen molar-refractivity contribution in [3.05, 3.63) is 35.4 Å². The van der Waals surface area contributed by atoms with Gasteiger partial charge in [0.05, 0.1) is 5.04 Å². The summed E-state index contributed by atoms with van der Waals surface area (Å²) in [4.78, 5) is 0. The molecule has 0 radical (unpaired) electrons. The third-order valence-electron chi connectivity index (χ3n) is 2.58. The van der Waals surface area contributed by atoms with Crippen molar-refractivity contribution in [2.45, 2.75) is 19.1 Å². The van der Waals surface area contributed by atoms with Crippen molar-refractivity contribution in [2.75, 3.05) is 17.8 Å². The lowest BCUT2D eigenvalue weighted by atomic mass is 10.1. The lowest BCUT2D eigenvalue weighted by molar-refractivity contribution is 0.595. The molecule has 0 heterocycles. The number of alkyl halides is 1. The fraction of sp³-hybridized carbons (Fsp3) is 0.462. The van der Waals surface area contributed by atoms with Crippen LogP contribution in [-0.2, 0) is 16.7 Å². The monoisotopic (exact) mass is 411 g/mol. The lowest BCUT2D eigenvalue weighted by Crippen LogP contribution is -1.89. The Kier molecular flexibility index (Phi) is 9.00. The van der Waals surface area contributed by atoms with Crippen molar-refractivity contribution in [1.29, 1.82) is 0 Å². The van der Waals surface area contributed by atoms with Crippen molar-refractivity contribution >= 4 is 61.2 Å². The highest BCUT2D eigenvalue weighted by molar-refractivity contribution is 9.09. The Morgan fingerprint density at radius 2 is 1.75 bits per heavy atom. The predicted octanol–water partition coefficient (Wildman–Crippen LogP) is 6.11. The van der Waals surface area contributed by atoms with Crippen LogP contribution in [0.25, 0.3) is 0 Å². The van der Waals surface area contributed by atoms with Crippen LogP contribution >= 0.6 is 56.2 Å². The second-order valence-electron chi connectivity index (χ2n) is 4.00. The predicted molar refractivity (Wildman–Crippen MR) is 103 cm³/mol. The molecule has 0 aliphatic heterocycles. The third kappa shape index (κ3) is 6.61. The van der Waals surface area contributed by atoms with Crippen LogP contribution in [0.1, 0.15) is 18.1 Å². The van der Waals surface area contributed by atoms with Gasteiger partial charge >= 0.3 is 0 Å². The van der Waals surface area contributed by atoms with Gasteiger partial charge in [0.15, 0.2) is 0 Å². The largest absolute Gasteiger partial charge is 0.298 e. The van der Waals surface area contributed by atoms with E-state index in [0.29, 0.717) is 0 Å². The summed E-state index contributed by atoms with van der Waals surface area (Å²) in [7, 11) is 0. The molecule has 0 aromatic heterocycles. The van der Waals surface area contributed by atoms with Crippen LogP contribution in [0.3, 0.4) is 0 Å². The second-order valence-corrected chi connectivity index (χ2v) is 13.7. The van der Waals surface area contributed by atoms with E-state index in [-0.39, 0.29) is 0 Å². The standard InChI is InChI=1S/C13H19BrNOPS3/c1-11(15-17(16,18-2)19-3)20-10-13-6-4-12(5-7-13)8-9-14/h4-7H,8-10H2,1-3H3. The lowest BCUT2D eigenvalue weighted by Gasteiger charge is -2.08. The fourth-order valence-corrected chi connectivity index (χ4v) is 7.04. The molecule has 0 N–H and O–H groups in total. The van der Waals surface area contributed by atoms with E-state index in [1.807, 2.05) is 19.4 Å². The van der Waals surface area contributed by atoms with Crippen LogP contribution in [-0.4, -0.2) is 22.9 Å². The molecular formula is C13H19BrNOPS3. The van der Waals surface area contributed by atoms with Gasteiger partial charge in [-0.05, 0) is 37.0 Å². The summed E-state index contributed by atoms with van der Waals surface area (Å²) in [6, 6.07) is 8.64. The highest BCUT2D eigenvalue weighted by Crippen LogP contribution is 2.68. The molecule has 0 unspecified atom stereocenters. The summed E-state index contributed by atoms with van der Waals surface area (Å²) in [5.74, 6) is 0.868. The van der Waals surface area contributed by atoms with Crippen LogP contribution < -0.4 is 0 Å². The topological polar surface area (TPSA) is 29.4 Å². The molecule has 112 valence electrons. The van der Waals surface area contributed by atoms with Gasteiger partial charge in [0.2, 0.25) is 0 Å². The molecule has 1 aromatic carbocycles. The highest BCUT2D eigenvalue weighted by atomic mass is 79.9. The maximum Gasteiger partial charge on any atom is 0.298 e. The number of rotatable bonds is 7. The van der Waals surface area contributed by atoms with Crippen molar-refractivity contribution < 1.29 is 4.57 Å². The molecule has 0 spiro atoms. The smallest absolute Gasteiger partial charge is 0.274 e.